The molecule has 0 aliphatic carbocycles. The minimum atomic E-state index is -0.459. The van der Waals surface area contributed by atoms with Crippen molar-refractivity contribution in [3.05, 3.63) is 52.6 Å². The maximum absolute atomic E-state index is 11.2. The van der Waals surface area contributed by atoms with E-state index in [2.05, 4.69) is 5.32 Å². The molecule has 2 rings (SSSR count). The van der Waals surface area contributed by atoms with Gasteiger partial charge in [-0.2, -0.15) is 0 Å². The molecular weight excluding hydrogens is 258 g/mol. The second-order valence-electron chi connectivity index (χ2n) is 4.09. The second-order valence-corrected chi connectivity index (χ2v) is 4.09. The van der Waals surface area contributed by atoms with Crippen LogP contribution in [0, 0.1) is 10.1 Å². The van der Waals surface area contributed by atoms with E-state index in [0.29, 0.717) is 23.7 Å². The average molecular weight is 273 g/mol. The molecule has 0 fully saturated rings. The third-order valence-electron chi connectivity index (χ3n) is 2.65. The highest BCUT2D eigenvalue weighted by molar-refractivity contribution is 5.74. The van der Waals surface area contributed by atoms with Crippen LogP contribution in [0.5, 0.6) is 5.75 Å². The molecule has 0 saturated carbocycles. The van der Waals surface area contributed by atoms with Crippen LogP contribution >= 0.6 is 0 Å². The van der Waals surface area contributed by atoms with Crippen LogP contribution in [0.4, 0.5) is 22.7 Å². The van der Waals surface area contributed by atoms with Crippen molar-refractivity contribution in [3.8, 4) is 5.75 Å². The van der Waals surface area contributed by atoms with Crippen molar-refractivity contribution in [2.24, 2.45) is 0 Å². The first-order valence-electron chi connectivity index (χ1n) is 6.14. The van der Waals surface area contributed by atoms with Crippen molar-refractivity contribution < 1.29 is 9.66 Å². The molecule has 0 radical (unpaired) electrons. The van der Waals surface area contributed by atoms with E-state index in [0.717, 1.165) is 0 Å². The lowest BCUT2D eigenvalue weighted by molar-refractivity contribution is -0.384. The van der Waals surface area contributed by atoms with Gasteiger partial charge in [0, 0.05) is 11.4 Å². The Morgan fingerprint density at radius 3 is 2.70 bits per heavy atom. The van der Waals surface area contributed by atoms with Crippen LogP contribution in [0.3, 0.4) is 0 Å². The Morgan fingerprint density at radius 2 is 2.05 bits per heavy atom. The lowest BCUT2D eigenvalue weighted by atomic mass is 10.2. The number of nitrogens with one attached hydrogen (secondary N) is 1. The van der Waals surface area contributed by atoms with Crippen LogP contribution in [0.2, 0.25) is 0 Å². The van der Waals surface area contributed by atoms with Crippen molar-refractivity contribution in [3.63, 3.8) is 0 Å². The summed E-state index contributed by atoms with van der Waals surface area (Å²) in [7, 11) is 0. The van der Waals surface area contributed by atoms with Crippen molar-refractivity contribution >= 4 is 22.7 Å². The molecule has 0 spiro atoms. The van der Waals surface area contributed by atoms with Gasteiger partial charge in [0.05, 0.1) is 11.5 Å². The monoisotopic (exact) mass is 273 g/mol. The lowest BCUT2D eigenvalue weighted by Gasteiger charge is -2.10. The van der Waals surface area contributed by atoms with Gasteiger partial charge < -0.3 is 15.8 Å². The number of ether oxygens (including phenoxy) is 1. The molecule has 6 heteroatoms. The summed E-state index contributed by atoms with van der Waals surface area (Å²) in [5.74, 6) is 0.242. The van der Waals surface area contributed by atoms with Crippen LogP contribution in [0.1, 0.15) is 6.92 Å². The quantitative estimate of drug-likeness (QED) is 0.495. The predicted octanol–water partition coefficient (Wildman–Crippen LogP) is 3.32. The van der Waals surface area contributed by atoms with Crippen LogP contribution < -0.4 is 15.8 Å². The molecule has 0 aromatic heterocycles. The van der Waals surface area contributed by atoms with Gasteiger partial charge in [-0.25, -0.2) is 0 Å². The van der Waals surface area contributed by atoms with Gasteiger partial charge in [-0.05, 0) is 37.3 Å². The number of rotatable bonds is 5. The Balaban J connectivity index is 2.40. The molecule has 104 valence electrons. The zero-order valence-electron chi connectivity index (χ0n) is 11.0. The molecule has 0 aliphatic rings. The molecule has 0 atom stereocenters. The van der Waals surface area contributed by atoms with Crippen LogP contribution in [0.15, 0.2) is 42.5 Å². The van der Waals surface area contributed by atoms with E-state index < -0.39 is 4.92 Å². The van der Waals surface area contributed by atoms with E-state index in [1.54, 1.807) is 49.4 Å². The summed E-state index contributed by atoms with van der Waals surface area (Å²) < 4.78 is 5.29. The van der Waals surface area contributed by atoms with E-state index in [1.165, 1.54) is 0 Å². The number of hydrogen-bond acceptors (Lipinski definition) is 5. The summed E-state index contributed by atoms with van der Waals surface area (Å²) in [6, 6.07) is 11.9. The number of hydrogen-bond donors (Lipinski definition) is 2. The molecule has 20 heavy (non-hydrogen) atoms. The predicted molar refractivity (Wildman–Crippen MR) is 78.4 cm³/mol. The number of nitrogen functional groups attached to an aromatic ring is 1. The van der Waals surface area contributed by atoms with Crippen molar-refractivity contribution in [1.82, 2.24) is 0 Å². The highest BCUT2D eigenvalue weighted by atomic mass is 16.6. The fraction of sp³-hybridized carbons (Fsp3) is 0.143. The maximum Gasteiger partial charge on any atom is 0.334 e. The van der Waals surface area contributed by atoms with E-state index in [9.17, 15) is 10.1 Å². The van der Waals surface area contributed by atoms with Gasteiger partial charge in [-0.3, -0.25) is 10.1 Å². The summed E-state index contributed by atoms with van der Waals surface area (Å²) >= 11 is 0. The molecule has 6 nitrogen and oxygen atoms in total. The normalized spacial score (nSPS) is 10.1. The third-order valence-corrected chi connectivity index (χ3v) is 2.65. The first-order chi connectivity index (χ1) is 9.61. The van der Waals surface area contributed by atoms with Crippen molar-refractivity contribution in [2.45, 2.75) is 6.92 Å². The number of benzene rings is 2. The molecule has 2 aromatic rings. The van der Waals surface area contributed by atoms with E-state index in [4.69, 9.17) is 10.5 Å². The molecule has 2 aromatic carbocycles. The largest absolute Gasteiger partial charge is 0.487 e. The number of nitrogens with zero attached hydrogens (tertiary/aromatic N) is 1. The molecule has 0 amide bonds. The third kappa shape index (κ3) is 2.97. The number of nitrogens with two attached hydrogens (primary N) is 1. The zero-order valence-corrected chi connectivity index (χ0v) is 11.0. The molecular formula is C14H15N3O3. The number of anilines is 3. The lowest BCUT2D eigenvalue weighted by Crippen LogP contribution is -2.01. The molecule has 0 bridgehead atoms. The van der Waals surface area contributed by atoms with E-state index >= 15 is 0 Å². The summed E-state index contributed by atoms with van der Waals surface area (Å²) in [5.41, 5.74) is 7.23. The molecule has 0 heterocycles. The summed E-state index contributed by atoms with van der Waals surface area (Å²) in [4.78, 5) is 10.8. The summed E-state index contributed by atoms with van der Waals surface area (Å²) in [6.45, 7) is 2.14. The van der Waals surface area contributed by atoms with Crippen LogP contribution in [0.25, 0.3) is 0 Å². The fourth-order valence-electron chi connectivity index (χ4n) is 1.86. The van der Waals surface area contributed by atoms with Gasteiger partial charge in [-0.1, -0.05) is 12.1 Å². The molecule has 0 unspecified atom stereocenters. The van der Waals surface area contributed by atoms with Crippen LogP contribution in [-0.4, -0.2) is 11.5 Å². The van der Waals surface area contributed by atoms with Crippen molar-refractivity contribution in [2.75, 3.05) is 17.7 Å². The van der Waals surface area contributed by atoms with Gasteiger partial charge in [0.15, 0.2) is 5.75 Å². The average Bonchev–Trinajstić information content (AvgIpc) is 2.39. The summed E-state index contributed by atoms with van der Waals surface area (Å²) in [5, 5.41) is 14.2. The Labute approximate surface area is 116 Å². The van der Waals surface area contributed by atoms with E-state index in [-0.39, 0.29) is 11.4 Å². The van der Waals surface area contributed by atoms with Gasteiger partial charge in [-0.15, -0.1) is 0 Å². The topological polar surface area (TPSA) is 90.4 Å². The van der Waals surface area contributed by atoms with Crippen LogP contribution in [-0.2, 0) is 0 Å². The molecule has 0 aliphatic heterocycles. The van der Waals surface area contributed by atoms with E-state index in [1.807, 2.05) is 0 Å². The minimum Gasteiger partial charge on any atom is -0.487 e. The highest BCUT2D eigenvalue weighted by Crippen LogP contribution is 2.36. The van der Waals surface area contributed by atoms with Gasteiger partial charge in [0.25, 0.3) is 0 Å². The molecule has 0 saturated heterocycles. The standard InChI is InChI=1S/C14H15N3O3/c1-2-20-13-8-4-7-12(14(13)17(18)19)16-11-6-3-5-10(15)9-11/h3-9,16H,2,15H2,1H3. The fourth-order valence-corrected chi connectivity index (χ4v) is 1.86. The SMILES string of the molecule is CCOc1cccc(Nc2cccc(N)c2)c1[N+](=O)[O-]. The molecule has 3 N–H and O–H groups in total. The first kappa shape index (κ1) is 13.7. The smallest absolute Gasteiger partial charge is 0.334 e. The van der Waals surface area contributed by atoms with Gasteiger partial charge >= 0.3 is 5.69 Å². The number of para-hydroxylation sites is 1. The number of nitro groups is 1. The Kier molecular flexibility index (Phi) is 4.05. The highest BCUT2D eigenvalue weighted by Gasteiger charge is 2.20. The summed E-state index contributed by atoms with van der Waals surface area (Å²) in [6.07, 6.45) is 0. The van der Waals surface area contributed by atoms with Gasteiger partial charge in [0.2, 0.25) is 0 Å². The Hall–Kier alpha value is -2.76. The second kappa shape index (κ2) is 5.92. The van der Waals surface area contributed by atoms with Crippen molar-refractivity contribution in [1.29, 1.82) is 0 Å². The minimum absolute atomic E-state index is 0.0863. The maximum atomic E-state index is 11.2. The Morgan fingerprint density at radius 1 is 1.30 bits per heavy atom. The Bertz CT molecular complexity index is 629. The zero-order chi connectivity index (χ0) is 14.5. The first-order valence-corrected chi connectivity index (χ1v) is 6.14. The number of nitro benzene ring substituents is 1. The van der Waals surface area contributed by atoms with Gasteiger partial charge in [0.1, 0.15) is 5.69 Å².